The Morgan fingerprint density at radius 1 is 1.33 bits per heavy atom. The Morgan fingerprint density at radius 2 is 2.06 bits per heavy atom. The molecular weight excluding hydrogens is 254 g/mol. The quantitative estimate of drug-likeness (QED) is 0.909. The number of benzene rings is 1. The molecule has 0 saturated heterocycles. The number of hydrogen-bond acceptors (Lipinski definition) is 3. The maximum Gasteiger partial charge on any atom is 0.156 e. The molecule has 1 aromatic rings. The van der Waals surface area contributed by atoms with Gasteiger partial charge < -0.3 is 5.32 Å². The molecule has 98 valence electrons. The van der Waals surface area contributed by atoms with E-state index in [9.17, 15) is 8.78 Å². The van der Waals surface area contributed by atoms with Gasteiger partial charge in [0, 0.05) is 17.9 Å². The van der Waals surface area contributed by atoms with Crippen molar-refractivity contribution < 1.29 is 8.78 Å². The first-order valence-corrected chi connectivity index (χ1v) is 6.95. The van der Waals surface area contributed by atoms with Crippen LogP contribution in [-0.2, 0) is 6.42 Å². The Hall–Kier alpha value is -1.10. The fourth-order valence-corrected chi connectivity index (χ4v) is 2.76. The molecule has 2 nitrogen and oxygen atoms in total. The number of amidine groups is 1. The van der Waals surface area contributed by atoms with Crippen molar-refractivity contribution in [2.45, 2.75) is 25.0 Å². The van der Waals surface area contributed by atoms with Crippen molar-refractivity contribution in [2.75, 3.05) is 13.1 Å². The molecule has 2 rings (SSSR count). The minimum absolute atomic E-state index is 0.524. The molecule has 0 fully saturated rings. The van der Waals surface area contributed by atoms with Crippen LogP contribution in [0.4, 0.5) is 8.78 Å². The molecule has 0 aromatic heterocycles. The minimum Gasteiger partial charge on any atom is -0.365 e. The number of nitrogens with zero attached hydrogens (tertiary/aromatic N) is 1. The van der Waals surface area contributed by atoms with Gasteiger partial charge in [-0.15, -0.1) is 0 Å². The molecule has 18 heavy (non-hydrogen) atoms. The van der Waals surface area contributed by atoms with Gasteiger partial charge >= 0.3 is 0 Å². The fourth-order valence-electron chi connectivity index (χ4n) is 1.80. The summed E-state index contributed by atoms with van der Waals surface area (Å²) in [6, 6.07) is 3.62. The summed E-state index contributed by atoms with van der Waals surface area (Å²) in [7, 11) is 0. The summed E-state index contributed by atoms with van der Waals surface area (Å²) in [5.74, 6) is -1.05. The van der Waals surface area contributed by atoms with Gasteiger partial charge in [0.25, 0.3) is 0 Å². The summed E-state index contributed by atoms with van der Waals surface area (Å²) < 4.78 is 25.9. The highest BCUT2D eigenvalue weighted by Crippen LogP contribution is 2.21. The van der Waals surface area contributed by atoms with Gasteiger partial charge in [0.15, 0.2) is 5.17 Å². The van der Waals surface area contributed by atoms with E-state index in [4.69, 9.17) is 0 Å². The number of thioether (sulfide) groups is 1. The molecule has 1 heterocycles. The maximum absolute atomic E-state index is 13.0. The molecule has 0 spiro atoms. The largest absolute Gasteiger partial charge is 0.365 e. The summed E-state index contributed by atoms with van der Waals surface area (Å²) in [5, 5.41) is 4.71. The molecule has 1 aliphatic heterocycles. The van der Waals surface area contributed by atoms with Crippen molar-refractivity contribution in [1.29, 1.82) is 0 Å². The third-order valence-electron chi connectivity index (χ3n) is 2.78. The predicted molar refractivity (Wildman–Crippen MR) is 72.0 cm³/mol. The number of nitrogens with one attached hydrogen (secondary N) is 1. The smallest absolute Gasteiger partial charge is 0.156 e. The van der Waals surface area contributed by atoms with Gasteiger partial charge in [-0.3, -0.25) is 4.99 Å². The number of rotatable bonds is 4. The molecule has 0 aliphatic carbocycles. The highest BCUT2D eigenvalue weighted by molar-refractivity contribution is 8.14. The Kier molecular flexibility index (Phi) is 4.58. The lowest BCUT2D eigenvalue weighted by Crippen LogP contribution is -2.22. The average molecular weight is 270 g/mol. The van der Waals surface area contributed by atoms with Crippen molar-refractivity contribution in [3.8, 4) is 0 Å². The normalized spacial score (nSPS) is 18.8. The van der Waals surface area contributed by atoms with Crippen LogP contribution in [0, 0.1) is 11.6 Å². The summed E-state index contributed by atoms with van der Waals surface area (Å²) in [4.78, 5) is 4.37. The van der Waals surface area contributed by atoms with E-state index in [1.54, 1.807) is 11.8 Å². The van der Waals surface area contributed by atoms with E-state index in [2.05, 4.69) is 17.2 Å². The van der Waals surface area contributed by atoms with Crippen molar-refractivity contribution in [3.63, 3.8) is 0 Å². The predicted octanol–water partition coefficient (Wildman–Crippen LogP) is 2.98. The number of aliphatic imine (C=N–C) groups is 1. The molecule has 1 N–H and O–H groups in total. The van der Waals surface area contributed by atoms with Gasteiger partial charge in [-0.25, -0.2) is 8.78 Å². The monoisotopic (exact) mass is 270 g/mol. The van der Waals surface area contributed by atoms with Gasteiger partial charge in [0.05, 0.1) is 6.54 Å². The molecule has 0 bridgehead atoms. The molecule has 0 amide bonds. The maximum atomic E-state index is 13.0. The van der Waals surface area contributed by atoms with Crippen LogP contribution >= 0.6 is 11.8 Å². The molecular formula is C13H16F2N2S. The van der Waals surface area contributed by atoms with Crippen LogP contribution in [0.2, 0.25) is 0 Å². The van der Waals surface area contributed by atoms with Crippen LogP contribution in [0.5, 0.6) is 0 Å². The zero-order chi connectivity index (χ0) is 13.0. The molecule has 5 heteroatoms. The van der Waals surface area contributed by atoms with E-state index in [1.807, 2.05) is 0 Å². The lowest BCUT2D eigenvalue weighted by atomic mass is 10.1. The average Bonchev–Trinajstić information content (AvgIpc) is 2.76. The lowest BCUT2D eigenvalue weighted by molar-refractivity contribution is 0.579. The van der Waals surface area contributed by atoms with Crippen LogP contribution in [0.15, 0.2) is 23.2 Å². The van der Waals surface area contributed by atoms with Gasteiger partial charge in [-0.1, -0.05) is 18.7 Å². The second-order valence-electron chi connectivity index (χ2n) is 4.25. The van der Waals surface area contributed by atoms with E-state index in [0.717, 1.165) is 24.2 Å². The standard InChI is InChI=1S/C13H16F2N2S/c1-2-12-8-17-13(18-12)16-4-3-9-5-10(14)7-11(15)6-9/h5-7,12H,2-4,8H2,1H3,(H,16,17). The van der Waals surface area contributed by atoms with E-state index >= 15 is 0 Å². The van der Waals surface area contributed by atoms with Crippen molar-refractivity contribution >= 4 is 16.9 Å². The highest BCUT2D eigenvalue weighted by Gasteiger charge is 2.16. The van der Waals surface area contributed by atoms with Gasteiger partial charge in [-0.05, 0) is 30.5 Å². The molecule has 0 saturated carbocycles. The number of hydrogen-bond donors (Lipinski definition) is 1. The Balaban J connectivity index is 1.79. The van der Waals surface area contributed by atoms with Crippen molar-refractivity contribution in [1.82, 2.24) is 5.32 Å². The second-order valence-corrected chi connectivity index (χ2v) is 5.54. The Bertz CT molecular complexity index is 428. The fraction of sp³-hybridized carbons (Fsp3) is 0.462. The SMILES string of the molecule is CCC1CN=C(NCCc2cc(F)cc(F)c2)S1. The Labute approximate surface area is 110 Å². The van der Waals surface area contributed by atoms with Crippen LogP contribution in [0.25, 0.3) is 0 Å². The van der Waals surface area contributed by atoms with Crippen molar-refractivity contribution in [3.05, 3.63) is 35.4 Å². The van der Waals surface area contributed by atoms with E-state index in [0.29, 0.717) is 23.8 Å². The Morgan fingerprint density at radius 3 is 2.67 bits per heavy atom. The zero-order valence-electron chi connectivity index (χ0n) is 10.2. The van der Waals surface area contributed by atoms with Gasteiger partial charge in [-0.2, -0.15) is 0 Å². The van der Waals surface area contributed by atoms with Gasteiger partial charge in [0.1, 0.15) is 11.6 Å². The third kappa shape index (κ3) is 3.70. The van der Waals surface area contributed by atoms with Crippen LogP contribution < -0.4 is 5.32 Å². The molecule has 1 aromatic carbocycles. The summed E-state index contributed by atoms with van der Waals surface area (Å²) in [6.45, 7) is 3.65. The van der Waals surface area contributed by atoms with Crippen LogP contribution in [0.1, 0.15) is 18.9 Å². The van der Waals surface area contributed by atoms with Crippen molar-refractivity contribution in [2.24, 2.45) is 4.99 Å². The first-order valence-electron chi connectivity index (χ1n) is 6.07. The summed E-state index contributed by atoms with van der Waals surface area (Å²) >= 11 is 1.74. The van der Waals surface area contributed by atoms with Crippen LogP contribution in [0.3, 0.4) is 0 Å². The molecule has 0 radical (unpaired) electrons. The highest BCUT2D eigenvalue weighted by atomic mass is 32.2. The summed E-state index contributed by atoms with van der Waals surface area (Å²) in [5.41, 5.74) is 0.663. The molecule has 1 unspecified atom stereocenters. The summed E-state index contributed by atoms with van der Waals surface area (Å²) in [6.07, 6.45) is 1.69. The molecule has 1 aliphatic rings. The first kappa shape index (κ1) is 13.3. The van der Waals surface area contributed by atoms with E-state index in [1.165, 1.54) is 12.1 Å². The van der Waals surface area contributed by atoms with E-state index in [-0.39, 0.29) is 0 Å². The van der Waals surface area contributed by atoms with E-state index < -0.39 is 11.6 Å². The van der Waals surface area contributed by atoms with Crippen LogP contribution in [-0.4, -0.2) is 23.5 Å². The zero-order valence-corrected chi connectivity index (χ0v) is 11.1. The minimum atomic E-state index is -0.524. The second kappa shape index (κ2) is 6.18. The molecule has 1 atom stereocenters. The van der Waals surface area contributed by atoms with Gasteiger partial charge in [0.2, 0.25) is 0 Å². The lowest BCUT2D eigenvalue weighted by Gasteiger charge is -2.07. The third-order valence-corrected chi connectivity index (χ3v) is 4.10. The number of halogens is 2. The first-order chi connectivity index (χ1) is 8.67. The topological polar surface area (TPSA) is 24.4 Å².